The predicted molar refractivity (Wildman–Crippen MR) is 83.8 cm³/mol. The summed E-state index contributed by atoms with van der Waals surface area (Å²) in [6, 6.07) is 17.8. The first-order valence-electron chi connectivity index (χ1n) is 5.80. The molecule has 2 aromatic rings. The van der Waals surface area contributed by atoms with Gasteiger partial charge in [0.2, 0.25) is 0 Å². The fraction of sp³-hybridized carbons (Fsp3) is 0. The molecule has 0 heterocycles. The molecule has 0 amide bonds. The van der Waals surface area contributed by atoms with Crippen LogP contribution < -0.4 is 0 Å². The maximum atomic E-state index is 11.9. The third-order valence-corrected chi connectivity index (χ3v) is 2.85. The number of halogens is 2. The largest absolute Gasteiger partial charge is 0.283 e. The zero-order valence-corrected chi connectivity index (χ0v) is 11.8. The lowest BCUT2D eigenvalue weighted by atomic mass is 10.3. The first kappa shape index (κ1) is 14.4. The predicted octanol–water partition coefficient (Wildman–Crippen LogP) is 4.49. The van der Waals surface area contributed by atoms with E-state index in [4.69, 9.17) is 23.2 Å². The number of rotatable bonds is 4. The van der Waals surface area contributed by atoms with Crippen LogP contribution in [0.25, 0.3) is 0 Å². The average Bonchev–Trinajstić information content (AvgIpc) is 2.48. The van der Waals surface area contributed by atoms with Gasteiger partial charge in [0.05, 0.1) is 11.4 Å². The molecule has 0 aliphatic rings. The van der Waals surface area contributed by atoms with Crippen LogP contribution in [-0.4, -0.2) is 16.1 Å². The summed E-state index contributed by atoms with van der Waals surface area (Å²) in [6.45, 7) is 0. The molecular weight excluding hydrogens is 295 g/mol. The van der Waals surface area contributed by atoms with Crippen LogP contribution in [0, 0.1) is 0 Å². The van der Waals surface area contributed by atoms with Gasteiger partial charge in [0.1, 0.15) is 0 Å². The van der Waals surface area contributed by atoms with Crippen LogP contribution in [0.1, 0.15) is 0 Å². The highest BCUT2D eigenvalue weighted by atomic mass is 35.5. The van der Waals surface area contributed by atoms with Crippen molar-refractivity contribution in [3.63, 3.8) is 0 Å². The van der Waals surface area contributed by atoms with Crippen molar-refractivity contribution in [3.05, 3.63) is 60.7 Å². The molecule has 0 saturated carbocycles. The molecule has 0 fully saturated rings. The zero-order valence-electron chi connectivity index (χ0n) is 10.3. The second kappa shape index (κ2) is 6.98. The Hall–Kier alpha value is -1.97. The Morgan fingerprint density at radius 3 is 1.40 bits per heavy atom. The zero-order chi connectivity index (χ0) is 14.4. The van der Waals surface area contributed by atoms with E-state index >= 15 is 0 Å². The number of nitrogens with zero attached hydrogens (tertiary/aromatic N) is 2. The summed E-state index contributed by atoms with van der Waals surface area (Å²) in [5.74, 6) is -0.610. The highest BCUT2D eigenvalue weighted by Gasteiger charge is 2.15. The van der Waals surface area contributed by atoms with E-state index in [2.05, 4.69) is 9.98 Å². The Morgan fingerprint density at radius 1 is 0.700 bits per heavy atom. The standard InChI is InChI=1S/C15H10Cl2N2O/c16-14(18-11-7-3-1-4-8-11)13(20)15(17)19-12-9-5-2-6-10-12/h1-10H. The van der Waals surface area contributed by atoms with Crippen molar-refractivity contribution in [2.45, 2.75) is 0 Å². The molecule has 2 rings (SSSR count). The topological polar surface area (TPSA) is 41.8 Å². The lowest BCUT2D eigenvalue weighted by molar-refractivity contribution is -0.107. The molecule has 0 aliphatic heterocycles. The summed E-state index contributed by atoms with van der Waals surface area (Å²) in [6.07, 6.45) is 0. The van der Waals surface area contributed by atoms with Gasteiger partial charge >= 0.3 is 0 Å². The van der Waals surface area contributed by atoms with E-state index in [9.17, 15) is 4.79 Å². The second-order valence-electron chi connectivity index (χ2n) is 3.81. The number of Topliss-reactive ketones (excluding diaryl/α,β-unsaturated/α-hetero) is 1. The molecule has 0 unspecified atom stereocenters. The minimum absolute atomic E-state index is 0.221. The van der Waals surface area contributed by atoms with E-state index in [-0.39, 0.29) is 10.3 Å². The first-order valence-corrected chi connectivity index (χ1v) is 6.55. The van der Waals surface area contributed by atoms with Crippen molar-refractivity contribution in [1.82, 2.24) is 0 Å². The number of hydrogen-bond acceptors (Lipinski definition) is 3. The normalized spacial score (nSPS) is 12.3. The van der Waals surface area contributed by atoms with Crippen molar-refractivity contribution in [2.75, 3.05) is 0 Å². The second-order valence-corrected chi connectivity index (χ2v) is 4.52. The molecule has 0 N–H and O–H groups in total. The maximum absolute atomic E-state index is 11.9. The summed E-state index contributed by atoms with van der Waals surface area (Å²) in [7, 11) is 0. The van der Waals surface area contributed by atoms with Gasteiger partial charge in [0.15, 0.2) is 10.3 Å². The summed E-state index contributed by atoms with van der Waals surface area (Å²) in [5, 5.41) is -0.443. The van der Waals surface area contributed by atoms with Gasteiger partial charge in [-0.05, 0) is 24.3 Å². The van der Waals surface area contributed by atoms with Gasteiger partial charge in [-0.25, -0.2) is 9.98 Å². The number of benzene rings is 2. The van der Waals surface area contributed by atoms with Crippen LogP contribution >= 0.6 is 23.2 Å². The van der Waals surface area contributed by atoms with Crippen molar-refractivity contribution in [1.29, 1.82) is 0 Å². The molecule has 0 radical (unpaired) electrons. The third kappa shape index (κ3) is 4.02. The minimum Gasteiger partial charge on any atom is -0.283 e. The van der Waals surface area contributed by atoms with Gasteiger partial charge in [0.25, 0.3) is 5.78 Å². The van der Waals surface area contributed by atoms with Crippen molar-refractivity contribution in [3.8, 4) is 0 Å². The van der Waals surface area contributed by atoms with Gasteiger partial charge in [-0.15, -0.1) is 0 Å². The number of carbonyl (C=O) groups is 1. The van der Waals surface area contributed by atoms with E-state index in [0.29, 0.717) is 11.4 Å². The lowest BCUT2D eigenvalue weighted by Crippen LogP contribution is -2.14. The van der Waals surface area contributed by atoms with E-state index in [1.165, 1.54) is 0 Å². The van der Waals surface area contributed by atoms with Crippen LogP contribution in [0.4, 0.5) is 11.4 Å². The van der Waals surface area contributed by atoms with E-state index in [0.717, 1.165) is 0 Å². The van der Waals surface area contributed by atoms with Gasteiger partial charge < -0.3 is 0 Å². The van der Waals surface area contributed by atoms with Crippen molar-refractivity contribution >= 4 is 50.7 Å². The van der Waals surface area contributed by atoms with Crippen LogP contribution in [0.5, 0.6) is 0 Å². The Morgan fingerprint density at radius 2 is 1.05 bits per heavy atom. The molecule has 0 spiro atoms. The SMILES string of the molecule is O=C(C(Cl)=Nc1ccccc1)C(Cl)=Nc1ccccc1. The smallest absolute Gasteiger partial charge is 0.252 e. The molecule has 100 valence electrons. The average molecular weight is 305 g/mol. The summed E-state index contributed by atoms with van der Waals surface area (Å²) in [4.78, 5) is 19.9. The molecule has 0 atom stereocenters. The lowest BCUT2D eigenvalue weighted by Gasteiger charge is -1.98. The molecule has 5 heteroatoms. The Balaban J connectivity index is 2.19. The van der Waals surface area contributed by atoms with Crippen LogP contribution in [-0.2, 0) is 4.79 Å². The van der Waals surface area contributed by atoms with Gasteiger partial charge in [-0.2, -0.15) is 0 Å². The van der Waals surface area contributed by atoms with Crippen molar-refractivity contribution in [2.24, 2.45) is 9.98 Å². The number of aliphatic imine (C=N–C) groups is 2. The van der Waals surface area contributed by atoms with Gasteiger partial charge in [-0.1, -0.05) is 59.6 Å². The van der Waals surface area contributed by atoms with Crippen molar-refractivity contribution < 1.29 is 4.79 Å². The fourth-order valence-corrected chi connectivity index (χ4v) is 1.84. The first-order chi connectivity index (χ1) is 9.66. The number of ketones is 1. The minimum atomic E-state index is -0.610. The van der Waals surface area contributed by atoms with Crippen LogP contribution in [0.2, 0.25) is 0 Å². The summed E-state index contributed by atoms with van der Waals surface area (Å²) in [5.41, 5.74) is 1.16. The van der Waals surface area contributed by atoms with Gasteiger partial charge in [-0.3, -0.25) is 4.79 Å². The molecule has 0 bridgehead atoms. The summed E-state index contributed by atoms with van der Waals surface area (Å²) >= 11 is 11.7. The molecular formula is C15H10Cl2N2O. The maximum Gasteiger partial charge on any atom is 0.252 e. The quantitative estimate of drug-likeness (QED) is 0.767. The number of carbonyl (C=O) groups excluding carboxylic acids is 1. The van der Waals surface area contributed by atoms with E-state index in [1.807, 2.05) is 12.1 Å². The van der Waals surface area contributed by atoms with Crippen LogP contribution in [0.3, 0.4) is 0 Å². The molecule has 3 nitrogen and oxygen atoms in total. The molecule has 0 saturated heterocycles. The summed E-state index contributed by atoms with van der Waals surface area (Å²) < 4.78 is 0. The van der Waals surface area contributed by atoms with E-state index < -0.39 is 5.78 Å². The highest BCUT2D eigenvalue weighted by molar-refractivity contribution is 7.02. The third-order valence-electron chi connectivity index (χ3n) is 2.34. The van der Waals surface area contributed by atoms with Crippen LogP contribution in [0.15, 0.2) is 70.6 Å². The molecule has 0 aliphatic carbocycles. The molecule has 0 aromatic heterocycles. The molecule has 2 aromatic carbocycles. The monoisotopic (exact) mass is 304 g/mol. The number of para-hydroxylation sites is 2. The molecule has 20 heavy (non-hydrogen) atoms. The Kier molecular flexibility index (Phi) is 5.04. The Labute approximate surface area is 126 Å². The van der Waals surface area contributed by atoms with Gasteiger partial charge in [0, 0.05) is 0 Å². The fourth-order valence-electron chi connectivity index (χ4n) is 1.42. The Bertz CT molecular complexity index is 595. The highest BCUT2D eigenvalue weighted by Crippen LogP contribution is 2.14. The number of hydrogen-bond donors (Lipinski definition) is 0. The van der Waals surface area contributed by atoms with E-state index in [1.54, 1.807) is 48.5 Å².